The van der Waals surface area contributed by atoms with Crippen LogP contribution >= 0.6 is 11.6 Å². The number of para-hydroxylation sites is 1. The molecule has 30 heavy (non-hydrogen) atoms. The quantitative estimate of drug-likeness (QED) is 0.419. The van der Waals surface area contributed by atoms with E-state index in [-0.39, 0.29) is 11.3 Å². The maximum absolute atomic E-state index is 12.6. The Morgan fingerprint density at radius 2 is 1.80 bits per heavy atom. The second-order valence-corrected chi connectivity index (χ2v) is 7.30. The van der Waals surface area contributed by atoms with Gasteiger partial charge < -0.3 is 5.32 Å². The van der Waals surface area contributed by atoms with Crippen LogP contribution in [-0.2, 0) is 0 Å². The Morgan fingerprint density at radius 3 is 2.43 bits per heavy atom. The number of hydrogen-bond acceptors (Lipinski definition) is 4. The standard InChI is InChI=1S/C23H18ClN3O3/c1-14-7-9-16(10-8-14)19(13-25)18-11-15(2)21(12-20(18)24)26-23(28)17-5-3-4-6-22(17)27(29)30/h3-12,19H,1-2H3,(H,26,28). The summed E-state index contributed by atoms with van der Waals surface area (Å²) in [6, 6.07) is 19.0. The van der Waals surface area contributed by atoms with Crippen molar-refractivity contribution in [2.24, 2.45) is 0 Å². The second kappa shape index (κ2) is 8.76. The van der Waals surface area contributed by atoms with Gasteiger partial charge in [0.25, 0.3) is 11.6 Å². The molecule has 0 bridgehead atoms. The van der Waals surface area contributed by atoms with Crippen LogP contribution in [0.25, 0.3) is 0 Å². The van der Waals surface area contributed by atoms with Crippen molar-refractivity contribution in [1.82, 2.24) is 0 Å². The van der Waals surface area contributed by atoms with Crippen LogP contribution in [0.1, 0.15) is 38.5 Å². The number of benzene rings is 3. The monoisotopic (exact) mass is 419 g/mol. The Morgan fingerprint density at radius 1 is 1.13 bits per heavy atom. The van der Waals surface area contributed by atoms with E-state index in [2.05, 4.69) is 11.4 Å². The Balaban J connectivity index is 1.93. The Bertz CT molecular complexity index is 1170. The molecule has 1 amide bonds. The molecule has 0 aliphatic rings. The van der Waals surface area contributed by atoms with E-state index in [1.807, 2.05) is 31.2 Å². The molecule has 0 saturated carbocycles. The molecule has 3 rings (SSSR count). The van der Waals surface area contributed by atoms with E-state index in [4.69, 9.17) is 11.6 Å². The number of hydrogen-bond donors (Lipinski definition) is 1. The minimum atomic E-state index is -0.607. The van der Waals surface area contributed by atoms with Gasteiger partial charge in [0, 0.05) is 16.8 Å². The molecule has 150 valence electrons. The molecule has 1 atom stereocenters. The van der Waals surface area contributed by atoms with Crippen LogP contribution in [0, 0.1) is 35.3 Å². The molecular formula is C23H18ClN3O3. The molecule has 3 aromatic rings. The largest absolute Gasteiger partial charge is 0.321 e. The first-order valence-corrected chi connectivity index (χ1v) is 9.50. The summed E-state index contributed by atoms with van der Waals surface area (Å²) >= 11 is 6.46. The highest BCUT2D eigenvalue weighted by Crippen LogP contribution is 2.34. The molecule has 6 nitrogen and oxygen atoms in total. The first kappa shape index (κ1) is 21.0. The summed E-state index contributed by atoms with van der Waals surface area (Å²) in [5, 5.41) is 23.9. The van der Waals surface area contributed by atoms with Gasteiger partial charge in [0.1, 0.15) is 5.56 Å². The van der Waals surface area contributed by atoms with Gasteiger partial charge in [-0.25, -0.2) is 0 Å². The molecular weight excluding hydrogens is 402 g/mol. The molecule has 0 aliphatic heterocycles. The predicted molar refractivity (Wildman–Crippen MR) is 116 cm³/mol. The van der Waals surface area contributed by atoms with E-state index in [1.165, 1.54) is 18.2 Å². The van der Waals surface area contributed by atoms with Crippen molar-refractivity contribution in [1.29, 1.82) is 5.26 Å². The summed E-state index contributed by atoms with van der Waals surface area (Å²) in [5.74, 6) is -1.17. The second-order valence-electron chi connectivity index (χ2n) is 6.89. The highest BCUT2D eigenvalue weighted by atomic mass is 35.5. The third-order valence-corrected chi connectivity index (χ3v) is 5.12. The van der Waals surface area contributed by atoms with Gasteiger partial charge >= 0.3 is 0 Å². The van der Waals surface area contributed by atoms with Gasteiger partial charge in [0.15, 0.2) is 0 Å². The van der Waals surface area contributed by atoms with E-state index in [1.54, 1.807) is 25.1 Å². The zero-order valence-corrected chi connectivity index (χ0v) is 17.1. The van der Waals surface area contributed by atoms with Crippen molar-refractivity contribution in [3.05, 3.63) is 104 Å². The van der Waals surface area contributed by atoms with Gasteiger partial charge in [-0.15, -0.1) is 0 Å². The number of aryl methyl sites for hydroxylation is 2. The maximum Gasteiger partial charge on any atom is 0.282 e. The summed E-state index contributed by atoms with van der Waals surface area (Å²) in [6.45, 7) is 3.75. The SMILES string of the molecule is Cc1ccc(C(C#N)c2cc(C)c(NC(=O)c3ccccc3[N+](=O)[O-])cc2Cl)cc1. The fraction of sp³-hybridized carbons (Fsp3) is 0.130. The minimum Gasteiger partial charge on any atom is -0.321 e. The van der Waals surface area contributed by atoms with Crippen molar-refractivity contribution in [3.63, 3.8) is 0 Å². The lowest BCUT2D eigenvalue weighted by atomic mass is 9.90. The van der Waals surface area contributed by atoms with E-state index < -0.39 is 16.7 Å². The lowest BCUT2D eigenvalue weighted by Gasteiger charge is -2.16. The van der Waals surface area contributed by atoms with Crippen LogP contribution in [-0.4, -0.2) is 10.8 Å². The molecule has 0 saturated heterocycles. The Kier molecular flexibility index (Phi) is 6.14. The highest BCUT2D eigenvalue weighted by molar-refractivity contribution is 6.32. The van der Waals surface area contributed by atoms with Gasteiger partial charge in [-0.2, -0.15) is 5.26 Å². The fourth-order valence-corrected chi connectivity index (χ4v) is 3.43. The number of anilines is 1. The third-order valence-electron chi connectivity index (χ3n) is 4.79. The number of nitriles is 1. The minimum absolute atomic E-state index is 0.0448. The molecule has 0 radical (unpaired) electrons. The summed E-state index contributed by atoms with van der Waals surface area (Å²) in [4.78, 5) is 23.2. The molecule has 0 spiro atoms. The third kappa shape index (κ3) is 4.32. The lowest BCUT2D eigenvalue weighted by molar-refractivity contribution is -0.385. The zero-order valence-electron chi connectivity index (χ0n) is 16.3. The van der Waals surface area contributed by atoms with Gasteiger partial charge in [-0.3, -0.25) is 14.9 Å². The molecule has 1 N–H and O–H groups in total. The van der Waals surface area contributed by atoms with Crippen molar-refractivity contribution < 1.29 is 9.72 Å². The number of carbonyl (C=O) groups is 1. The number of amides is 1. The van der Waals surface area contributed by atoms with Crippen LogP contribution in [0.15, 0.2) is 60.7 Å². The summed E-state index contributed by atoms with van der Waals surface area (Å²) in [5.41, 5.74) is 3.33. The molecule has 0 aromatic heterocycles. The highest BCUT2D eigenvalue weighted by Gasteiger charge is 2.22. The van der Waals surface area contributed by atoms with Crippen molar-refractivity contribution in [2.45, 2.75) is 19.8 Å². The number of rotatable bonds is 5. The zero-order chi connectivity index (χ0) is 21.8. The van der Waals surface area contributed by atoms with E-state index in [0.717, 1.165) is 11.1 Å². The smallest absolute Gasteiger partial charge is 0.282 e. The average Bonchev–Trinajstić information content (AvgIpc) is 2.73. The van der Waals surface area contributed by atoms with E-state index in [9.17, 15) is 20.2 Å². The van der Waals surface area contributed by atoms with Crippen LogP contribution in [0.5, 0.6) is 0 Å². The molecule has 1 unspecified atom stereocenters. The lowest BCUT2D eigenvalue weighted by Crippen LogP contribution is -2.15. The number of nitrogens with zero attached hydrogens (tertiary/aromatic N) is 2. The van der Waals surface area contributed by atoms with Gasteiger partial charge in [-0.05, 0) is 42.7 Å². The van der Waals surface area contributed by atoms with Crippen molar-refractivity contribution >= 4 is 28.9 Å². The van der Waals surface area contributed by atoms with Gasteiger partial charge in [0.05, 0.1) is 16.9 Å². The molecule has 3 aromatic carbocycles. The normalized spacial score (nSPS) is 11.4. The molecule has 0 heterocycles. The Hall–Kier alpha value is -3.69. The average molecular weight is 420 g/mol. The van der Waals surface area contributed by atoms with Gasteiger partial charge in [0.2, 0.25) is 0 Å². The topological polar surface area (TPSA) is 96.0 Å². The first-order chi connectivity index (χ1) is 14.3. The summed E-state index contributed by atoms with van der Waals surface area (Å²) in [7, 11) is 0. The number of nitro benzene ring substituents is 1. The molecule has 0 fully saturated rings. The first-order valence-electron chi connectivity index (χ1n) is 9.12. The van der Waals surface area contributed by atoms with Crippen LogP contribution in [0.4, 0.5) is 11.4 Å². The fourth-order valence-electron chi connectivity index (χ4n) is 3.16. The molecule has 0 aliphatic carbocycles. The van der Waals surface area contributed by atoms with E-state index >= 15 is 0 Å². The predicted octanol–water partition coefficient (Wildman–Crippen LogP) is 5.77. The van der Waals surface area contributed by atoms with Gasteiger partial charge in [-0.1, -0.05) is 59.6 Å². The Labute approximate surface area is 178 Å². The summed E-state index contributed by atoms with van der Waals surface area (Å²) < 4.78 is 0. The number of halogens is 1. The number of nitrogens with one attached hydrogen (secondary N) is 1. The maximum atomic E-state index is 12.6. The van der Waals surface area contributed by atoms with Crippen molar-refractivity contribution in [3.8, 4) is 6.07 Å². The van der Waals surface area contributed by atoms with Crippen LogP contribution in [0.3, 0.4) is 0 Å². The number of nitro groups is 1. The summed E-state index contributed by atoms with van der Waals surface area (Å²) in [6.07, 6.45) is 0. The van der Waals surface area contributed by atoms with Crippen LogP contribution < -0.4 is 5.32 Å². The van der Waals surface area contributed by atoms with Crippen molar-refractivity contribution in [2.75, 3.05) is 5.32 Å². The van der Waals surface area contributed by atoms with E-state index in [0.29, 0.717) is 21.8 Å². The molecule has 7 heteroatoms. The van der Waals surface area contributed by atoms with Crippen LogP contribution in [0.2, 0.25) is 5.02 Å². The number of carbonyl (C=O) groups excluding carboxylic acids is 1.